The van der Waals surface area contributed by atoms with Gasteiger partial charge in [-0.3, -0.25) is 29.5 Å². The Labute approximate surface area is 308 Å². The van der Waals surface area contributed by atoms with Crippen LogP contribution < -0.4 is 14.9 Å². The lowest BCUT2D eigenvalue weighted by atomic mass is 9.49. The summed E-state index contributed by atoms with van der Waals surface area (Å²) in [6.45, 7) is 0. The lowest BCUT2D eigenvalue weighted by Crippen LogP contribution is -2.53. The number of hydrazine groups is 1. The van der Waals surface area contributed by atoms with Crippen molar-refractivity contribution < 1.29 is 33.8 Å². The van der Waals surface area contributed by atoms with Gasteiger partial charge in [0.05, 0.1) is 52.6 Å². The molecule has 6 atom stereocenters. The van der Waals surface area contributed by atoms with E-state index in [1.165, 1.54) is 32.2 Å². The third-order valence-electron chi connectivity index (χ3n) is 10.5. The molecule has 0 bridgehead atoms. The summed E-state index contributed by atoms with van der Waals surface area (Å²) >= 11 is 19.8. The molecule has 4 aliphatic rings. The minimum absolute atomic E-state index is 0.119. The van der Waals surface area contributed by atoms with Crippen LogP contribution in [-0.4, -0.2) is 59.9 Å². The van der Waals surface area contributed by atoms with Crippen molar-refractivity contribution >= 4 is 84.4 Å². The number of fused-ring (bicyclic) bond motifs is 4. The lowest BCUT2D eigenvalue weighted by Gasteiger charge is -2.51. The molecule has 3 aromatic carbocycles. The highest BCUT2D eigenvalue weighted by Gasteiger charge is 2.70. The van der Waals surface area contributed by atoms with Crippen molar-refractivity contribution in [2.75, 3.05) is 26.7 Å². The second-order valence-corrected chi connectivity index (χ2v) is 15.0. The fourth-order valence-electron chi connectivity index (χ4n) is 8.32. The number of aromatic hydroxyl groups is 1. The standard InChI is InChI=1S/C35H29Br2Cl2N3O7/c1-41-31(44)19-10-9-18-20(26(19)33(41)46)13-22-32(45)42(40-24-11-6-16(38)12-23(24)39)34(47)35(22,15-4-7-17(48-2)8-5-15)27(18)21-14-25(49-3)30(43)29(37)28(21)36/h4-9,11-12,14,19-20,22,26-27,40,43H,10,13H2,1-3H3. The van der Waals surface area contributed by atoms with Crippen LogP contribution in [0.3, 0.4) is 0 Å². The molecule has 3 aromatic rings. The first-order valence-electron chi connectivity index (χ1n) is 15.4. The normalized spacial score (nSPS) is 27.5. The van der Waals surface area contributed by atoms with Gasteiger partial charge in [-0.15, -0.1) is 0 Å². The third kappa shape index (κ3) is 4.85. The molecule has 2 aliphatic carbocycles. The second kappa shape index (κ2) is 12.3. The van der Waals surface area contributed by atoms with Gasteiger partial charge in [0, 0.05) is 22.5 Å². The number of imide groups is 2. The van der Waals surface area contributed by atoms with Crippen LogP contribution in [0.5, 0.6) is 17.2 Å². The van der Waals surface area contributed by atoms with Gasteiger partial charge in [-0.05, 0) is 98.1 Å². The summed E-state index contributed by atoms with van der Waals surface area (Å²) in [6, 6.07) is 13.3. The summed E-state index contributed by atoms with van der Waals surface area (Å²) in [7, 11) is 4.43. The number of anilines is 1. The molecule has 3 fully saturated rings. The van der Waals surface area contributed by atoms with Crippen LogP contribution in [0.25, 0.3) is 0 Å². The Morgan fingerprint density at radius 1 is 0.918 bits per heavy atom. The maximum Gasteiger partial charge on any atom is 0.260 e. The summed E-state index contributed by atoms with van der Waals surface area (Å²) in [5, 5.41) is 12.5. The predicted molar refractivity (Wildman–Crippen MR) is 188 cm³/mol. The Hall–Kier alpha value is -3.58. The fraction of sp³-hybridized carbons (Fsp3) is 0.314. The van der Waals surface area contributed by atoms with Gasteiger partial charge in [0.25, 0.3) is 11.8 Å². The molecule has 0 radical (unpaired) electrons. The molecule has 10 nitrogen and oxygen atoms in total. The van der Waals surface area contributed by atoms with E-state index in [2.05, 4.69) is 37.3 Å². The highest BCUT2D eigenvalue weighted by atomic mass is 79.9. The topological polar surface area (TPSA) is 125 Å². The van der Waals surface area contributed by atoms with Gasteiger partial charge in [0.2, 0.25) is 11.8 Å². The number of carbonyl (C=O) groups excluding carboxylic acids is 4. The summed E-state index contributed by atoms with van der Waals surface area (Å²) in [5.74, 6) is -4.86. The highest BCUT2D eigenvalue weighted by molar-refractivity contribution is 9.13. The van der Waals surface area contributed by atoms with Gasteiger partial charge in [-0.1, -0.05) is 47.0 Å². The molecule has 6 unspecified atom stereocenters. The molecule has 2 saturated heterocycles. The minimum Gasteiger partial charge on any atom is -0.503 e. The van der Waals surface area contributed by atoms with Crippen LogP contribution in [0.2, 0.25) is 10.0 Å². The number of nitrogens with one attached hydrogen (secondary N) is 1. The number of phenolic OH excluding ortho intramolecular Hbond substituents is 1. The molecule has 1 saturated carbocycles. The van der Waals surface area contributed by atoms with E-state index in [0.29, 0.717) is 26.4 Å². The van der Waals surface area contributed by atoms with E-state index >= 15 is 4.79 Å². The van der Waals surface area contributed by atoms with Crippen molar-refractivity contribution in [1.29, 1.82) is 0 Å². The molecule has 0 spiro atoms. The number of allylic oxidation sites excluding steroid dienone is 2. The zero-order valence-corrected chi connectivity index (χ0v) is 31.0. The summed E-state index contributed by atoms with van der Waals surface area (Å²) in [4.78, 5) is 58.3. The highest BCUT2D eigenvalue weighted by Crippen LogP contribution is 2.65. The first kappa shape index (κ1) is 33.9. The molecule has 4 amide bonds. The van der Waals surface area contributed by atoms with Crippen LogP contribution in [0.4, 0.5) is 5.69 Å². The van der Waals surface area contributed by atoms with Gasteiger partial charge < -0.3 is 14.6 Å². The van der Waals surface area contributed by atoms with E-state index in [1.807, 2.05) is 6.08 Å². The summed E-state index contributed by atoms with van der Waals surface area (Å²) < 4.78 is 11.7. The number of methoxy groups -OCH3 is 2. The Bertz CT molecular complexity index is 1990. The average Bonchev–Trinajstić information content (AvgIpc) is 3.45. The molecule has 2 heterocycles. The van der Waals surface area contributed by atoms with Crippen LogP contribution in [0, 0.1) is 23.7 Å². The summed E-state index contributed by atoms with van der Waals surface area (Å²) in [5.41, 5.74) is 3.51. The first-order chi connectivity index (χ1) is 23.4. The van der Waals surface area contributed by atoms with Gasteiger partial charge in [0.15, 0.2) is 11.5 Å². The van der Waals surface area contributed by atoms with Crippen molar-refractivity contribution in [1.82, 2.24) is 9.91 Å². The van der Waals surface area contributed by atoms with E-state index in [-0.39, 0.29) is 51.3 Å². The quantitative estimate of drug-likeness (QED) is 0.204. The number of rotatable bonds is 6. The van der Waals surface area contributed by atoms with E-state index in [0.717, 1.165) is 10.6 Å². The van der Waals surface area contributed by atoms with E-state index in [9.17, 15) is 19.5 Å². The number of carbonyl (C=O) groups is 4. The van der Waals surface area contributed by atoms with Gasteiger partial charge in [0.1, 0.15) is 5.75 Å². The number of ether oxygens (including phenoxy) is 2. The number of benzene rings is 3. The van der Waals surface area contributed by atoms with Crippen LogP contribution in [0.15, 0.2) is 69.1 Å². The minimum atomic E-state index is -1.58. The number of likely N-dealkylation sites (tertiary alicyclic amines) is 1. The predicted octanol–water partition coefficient (Wildman–Crippen LogP) is 6.86. The van der Waals surface area contributed by atoms with Gasteiger partial charge >= 0.3 is 0 Å². The third-order valence-corrected chi connectivity index (χ3v) is 13.2. The first-order valence-corrected chi connectivity index (χ1v) is 17.7. The SMILES string of the molecule is COc1ccc(C23C(=O)N(Nc4ccc(Cl)cc4Cl)C(=O)C2CC2C(=CCC4C(=O)N(C)C(=O)C42)C3c2cc(OC)c(O)c(Br)c2Br)cc1. The lowest BCUT2D eigenvalue weighted by molar-refractivity contribution is -0.140. The Kier molecular flexibility index (Phi) is 8.53. The number of amides is 4. The molecule has 14 heteroatoms. The molecule has 2 N–H and O–H groups in total. The van der Waals surface area contributed by atoms with Crippen LogP contribution in [-0.2, 0) is 24.6 Å². The van der Waals surface area contributed by atoms with Gasteiger partial charge in [-0.25, -0.2) is 0 Å². The molecule has 2 aliphatic heterocycles. The molecular formula is C35H29Br2Cl2N3O7. The van der Waals surface area contributed by atoms with Gasteiger partial charge in [-0.2, -0.15) is 5.01 Å². The maximum absolute atomic E-state index is 15.4. The van der Waals surface area contributed by atoms with Crippen LogP contribution in [0.1, 0.15) is 29.9 Å². The molecular weight excluding hydrogens is 805 g/mol. The molecule has 0 aromatic heterocycles. The van der Waals surface area contributed by atoms with E-state index in [4.69, 9.17) is 32.7 Å². The number of halogens is 4. The Morgan fingerprint density at radius 2 is 1.63 bits per heavy atom. The van der Waals surface area contributed by atoms with Crippen molar-refractivity contribution in [3.05, 3.63) is 90.3 Å². The molecule has 7 rings (SSSR count). The van der Waals surface area contributed by atoms with Crippen LogP contribution >= 0.6 is 55.1 Å². The van der Waals surface area contributed by atoms with E-state index < -0.39 is 46.8 Å². The van der Waals surface area contributed by atoms with Crippen molar-refractivity contribution in [3.8, 4) is 17.2 Å². The smallest absolute Gasteiger partial charge is 0.260 e. The van der Waals surface area contributed by atoms with Crippen molar-refractivity contribution in [2.24, 2.45) is 23.7 Å². The maximum atomic E-state index is 15.4. The van der Waals surface area contributed by atoms with E-state index in [1.54, 1.807) is 42.5 Å². The molecule has 49 heavy (non-hydrogen) atoms. The zero-order chi connectivity index (χ0) is 35.1. The number of nitrogens with zero attached hydrogens (tertiary/aromatic N) is 2. The Balaban J connectivity index is 1.52. The summed E-state index contributed by atoms with van der Waals surface area (Å²) in [6.07, 6.45) is 2.35. The van der Waals surface area contributed by atoms with Crippen molar-refractivity contribution in [2.45, 2.75) is 24.2 Å². The zero-order valence-electron chi connectivity index (χ0n) is 26.3. The monoisotopic (exact) mass is 831 g/mol. The largest absolute Gasteiger partial charge is 0.503 e. The second-order valence-electron chi connectivity index (χ2n) is 12.6. The number of hydrogen-bond acceptors (Lipinski definition) is 8. The molecule has 254 valence electrons. The fourth-order valence-corrected chi connectivity index (χ4v) is 9.73. The number of hydrogen-bond donors (Lipinski definition) is 2. The number of phenols is 1. The average molecular weight is 834 g/mol. The Morgan fingerprint density at radius 3 is 2.29 bits per heavy atom. The van der Waals surface area contributed by atoms with Crippen molar-refractivity contribution in [3.63, 3.8) is 0 Å².